The van der Waals surface area contributed by atoms with Crippen LogP contribution in [0.15, 0.2) is 48.5 Å². The van der Waals surface area contributed by atoms with Gasteiger partial charge in [0, 0.05) is 17.7 Å². The fourth-order valence-electron chi connectivity index (χ4n) is 2.85. The number of fused-ring (bicyclic) bond motifs is 1. The molecule has 0 amide bonds. The minimum absolute atomic E-state index is 0.747. The van der Waals surface area contributed by atoms with Gasteiger partial charge >= 0.3 is 0 Å². The van der Waals surface area contributed by atoms with Gasteiger partial charge in [-0.15, -0.1) is 0 Å². The highest BCUT2D eigenvalue weighted by molar-refractivity contribution is 5.65. The smallest absolute Gasteiger partial charge is 0.181 e. The second-order valence-corrected chi connectivity index (χ2v) is 5.24. The van der Waals surface area contributed by atoms with Gasteiger partial charge in [-0.2, -0.15) is 5.10 Å². The number of benzene rings is 2. The molecule has 4 nitrogen and oxygen atoms in total. The van der Waals surface area contributed by atoms with Crippen molar-refractivity contribution in [2.24, 2.45) is 0 Å². The van der Waals surface area contributed by atoms with Crippen molar-refractivity contribution in [2.75, 3.05) is 6.54 Å². The zero-order chi connectivity index (χ0) is 14.1. The molecule has 4 heteroatoms. The number of hydrogen-bond acceptors (Lipinski definition) is 3. The highest BCUT2D eigenvalue weighted by Gasteiger charge is 2.16. The first-order chi connectivity index (χ1) is 10.4. The van der Waals surface area contributed by atoms with E-state index < -0.39 is 0 Å². The molecule has 0 unspecified atom stereocenters. The number of aromatic amines is 1. The van der Waals surface area contributed by atoms with Crippen LogP contribution in [0, 0.1) is 0 Å². The van der Waals surface area contributed by atoms with Crippen molar-refractivity contribution in [3.05, 3.63) is 59.7 Å². The first-order valence-corrected chi connectivity index (χ1v) is 7.21. The second kappa shape index (κ2) is 5.14. The Morgan fingerprint density at radius 1 is 0.952 bits per heavy atom. The molecule has 2 aromatic carbocycles. The molecule has 4 rings (SSSR count). The minimum atomic E-state index is 0.747. The van der Waals surface area contributed by atoms with Crippen molar-refractivity contribution in [3.63, 3.8) is 0 Å². The SMILES string of the molecule is c1ccc(-c2n[nH]c(-c3cccc4c3CCNC4)n2)cc1. The predicted molar refractivity (Wildman–Crippen MR) is 82.7 cm³/mol. The summed E-state index contributed by atoms with van der Waals surface area (Å²) < 4.78 is 0. The topological polar surface area (TPSA) is 53.6 Å². The van der Waals surface area contributed by atoms with Gasteiger partial charge in [-0.25, -0.2) is 4.98 Å². The molecular weight excluding hydrogens is 260 g/mol. The molecular formula is C17H16N4. The van der Waals surface area contributed by atoms with E-state index in [1.54, 1.807) is 0 Å². The van der Waals surface area contributed by atoms with Gasteiger partial charge in [0.25, 0.3) is 0 Å². The molecule has 1 aromatic heterocycles. The summed E-state index contributed by atoms with van der Waals surface area (Å²) in [6.45, 7) is 1.95. The lowest BCUT2D eigenvalue weighted by Gasteiger charge is -2.19. The lowest BCUT2D eigenvalue weighted by Crippen LogP contribution is -2.24. The number of H-pyrrole nitrogens is 1. The maximum Gasteiger partial charge on any atom is 0.181 e. The van der Waals surface area contributed by atoms with E-state index in [0.29, 0.717) is 0 Å². The van der Waals surface area contributed by atoms with Crippen molar-refractivity contribution in [1.82, 2.24) is 20.5 Å². The van der Waals surface area contributed by atoms with Crippen LogP contribution in [0.4, 0.5) is 0 Å². The molecule has 0 radical (unpaired) electrons. The molecule has 3 aromatic rings. The quantitative estimate of drug-likeness (QED) is 0.756. The molecule has 0 fully saturated rings. The van der Waals surface area contributed by atoms with Gasteiger partial charge < -0.3 is 5.32 Å². The first-order valence-electron chi connectivity index (χ1n) is 7.21. The second-order valence-electron chi connectivity index (χ2n) is 5.24. The van der Waals surface area contributed by atoms with E-state index in [0.717, 1.165) is 36.7 Å². The molecule has 0 atom stereocenters. The van der Waals surface area contributed by atoms with Gasteiger partial charge in [0.15, 0.2) is 11.6 Å². The first kappa shape index (κ1) is 12.3. The molecule has 0 aliphatic carbocycles. The van der Waals surface area contributed by atoms with Gasteiger partial charge in [0.2, 0.25) is 0 Å². The zero-order valence-corrected chi connectivity index (χ0v) is 11.6. The fraction of sp³-hybridized carbons (Fsp3) is 0.176. The number of nitrogens with zero attached hydrogens (tertiary/aromatic N) is 2. The molecule has 0 saturated heterocycles. The van der Waals surface area contributed by atoms with Crippen LogP contribution in [0.5, 0.6) is 0 Å². The molecule has 104 valence electrons. The Bertz CT molecular complexity index is 761. The lowest BCUT2D eigenvalue weighted by molar-refractivity contribution is 0.644. The number of nitrogens with one attached hydrogen (secondary N) is 2. The van der Waals surface area contributed by atoms with E-state index in [1.807, 2.05) is 30.3 Å². The number of aromatic nitrogens is 3. The van der Waals surface area contributed by atoms with Gasteiger partial charge in [0.1, 0.15) is 0 Å². The molecule has 2 heterocycles. The lowest BCUT2D eigenvalue weighted by atomic mass is 9.95. The molecule has 2 N–H and O–H groups in total. The number of rotatable bonds is 2. The van der Waals surface area contributed by atoms with E-state index in [1.165, 1.54) is 16.7 Å². The Morgan fingerprint density at radius 2 is 1.86 bits per heavy atom. The molecule has 1 aliphatic heterocycles. The van der Waals surface area contributed by atoms with Crippen molar-refractivity contribution in [2.45, 2.75) is 13.0 Å². The van der Waals surface area contributed by atoms with Crippen molar-refractivity contribution in [3.8, 4) is 22.8 Å². The van der Waals surface area contributed by atoms with E-state index in [-0.39, 0.29) is 0 Å². The van der Waals surface area contributed by atoms with Gasteiger partial charge in [-0.05, 0) is 24.1 Å². The summed E-state index contributed by atoms with van der Waals surface area (Å²) in [5.74, 6) is 1.60. The monoisotopic (exact) mass is 276 g/mol. The van der Waals surface area contributed by atoms with Gasteiger partial charge in [-0.3, -0.25) is 5.10 Å². The van der Waals surface area contributed by atoms with Crippen LogP contribution in [0.25, 0.3) is 22.8 Å². The van der Waals surface area contributed by atoms with Crippen LogP contribution < -0.4 is 5.32 Å². The zero-order valence-electron chi connectivity index (χ0n) is 11.6. The molecule has 21 heavy (non-hydrogen) atoms. The van der Waals surface area contributed by atoms with E-state index in [4.69, 9.17) is 0 Å². The van der Waals surface area contributed by atoms with Crippen molar-refractivity contribution < 1.29 is 0 Å². The van der Waals surface area contributed by atoms with E-state index in [2.05, 4.69) is 38.7 Å². The average molecular weight is 276 g/mol. The highest BCUT2D eigenvalue weighted by atomic mass is 15.2. The van der Waals surface area contributed by atoms with Gasteiger partial charge in [0.05, 0.1) is 0 Å². The predicted octanol–water partition coefficient (Wildman–Crippen LogP) is 2.78. The molecule has 1 aliphatic rings. The third-order valence-electron chi connectivity index (χ3n) is 3.91. The van der Waals surface area contributed by atoms with Crippen molar-refractivity contribution in [1.29, 1.82) is 0 Å². The minimum Gasteiger partial charge on any atom is -0.312 e. The standard InChI is InChI=1S/C17H16N4/c1-2-5-12(6-3-1)16-19-17(21-20-16)15-8-4-7-13-11-18-10-9-14(13)15/h1-8,18H,9-11H2,(H,19,20,21). The Labute approximate surface area is 123 Å². The molecule has 0 saturated carbocycles. The summed E-state index contributed by atoms with van der Waals surface area (Å²) >= 11 is 0. The summed E-state index contributed by atoms with van der Waals surface area (Å²) in [5, 5.41) is 10.9. The Balaban J connectivity index is 1.77. The largest absolute Gasteiger partial charge is 0.312 e. The van der Waals surface area contributed by atoms with Crippen LogP contribution in [-0.2, 0) is 13.0 Å². The normalized spacial score (nSPS) is 13.9. The molecule has 0 bridgehead atoms. The maximum absolute atomic E-state index is 4.67. The van der Waals surface area contributed by atoms with E-state index in [9.17, 15) is 0 Å². The third-order valence-corrected chi connectivity index (χ3v) is 3.91. The summed E-state index contributed by atoms with van der Waals surface area (Å²) in [6.07, 6.45) is 1.03. The highest BCUT2D eigenvalue weighted by Crippen LogP contribution is 2.27. The summed E-state index contributed by atoms with van der Waals surface area (Å²) in [6, 6.07) is 16.4. The summed E-state index contributed by atoms with van der Waals surface area (Å²) in [4.78, 5) is 4.67. The average Bonchev–Trinajstić information content (AvgIpc) is 3.05. The number of hydrogen-bond donors (Lipinski definition) is 2. The third kappa shape index (κ3) is 2.23. The van der Waals surface area contributed by atoms with Crippen LogP contribution in [0.1, 0.15) is 11.1 Å². The Kier molecular flexibility index (Phi) is 3.01. The van der Waals surface area contributed by atoms with Gasteiger partial charge in [-0.1, -0.05) is 48.5 Å². The maximum atomic E-state index is 4.67. The van der Waals surface area contributed by atoms with Crippen molar-refractivity contribution >= 4 is 0 Å². The molecule has 0 spiro atoms. The summed E-state index contributed by atoms with van der Waals surface area (Å²) in [7, 11) is 0. The van der Waals surface area contributed by atoms with Crippen LogP contribution in [0.3, 0.4) is 0 Å². The Morgan fingerprint density at radius 3 is 2.76 bits per heavy atom. The van der Waals surface area contributed by atoms with Crippen LogP contribution in [0.2, 0.25) is 0 Å². The fourth-order valence-corrected chi connectivity index (χ4v) is 2.85. The van der Waals surface area contributed by atoms with Crippen LogP contribution in [-0.4, -0.2) is 21.7 Å². The van der Waals surface area contributed by atoms with E-state index >= 15 is 0 Å². The van der Waals surface area contributed by atoms with Crippen LogP contribution >= 0.6 is 0 Å². The summed E-state index contributed by atoms with van der Waals surface area (Å²) in [5.41, 5.74) is 4.94. The Hall–Kier alpha value is -2.46.